The average Bonchev–Trinajstić information content (AvgIpc) is 2.62. The fraction of sp³-hybridized carbons (Fsp3) is 1.00. The van der Waals surface area contributed by atoms with Gasteiger partial charge in [0.05, 0.1) is 5.25 Å². The van der Waals surface area contributed by atoms with Gasteiger partial charge < -0.3 is 10.1 Å². The summed E-state index contributed by atoms with van der Waals surface area (Å²) in [6.45, 7) is 3.63. The molecule has 0 radical (unpaired) electrons. The van der Waals surface area contributed by atoms with Crippen molar-refractivity contribution in [2.45, 2.75) is 37.5 Å². The van der Waals surface area contributed by atoms with Gasteiger partial charge >= 0.3 is 0 Å². The summed E-state index contributed by atoms with van der Waals surface area (Å²) in [5.74, 6) is 0.422. The fourth-order valence-corrected chi connectivity index (χ4v) is 3.79. The van der Waals surface area contributed by atoms with Crippen molar-refractivity contribution in [1.82, 2.24) is 5.32 Å². The Morgan fingerprint density at radius 2 is 2.12 bits per heavy atom. The molecule has 0 aromatic carbocycles. The molecule has 0 aromatic heterocycles. The zero-order valence-corrected chi connectivity index (χ0v) is 11.2. The van der Waals surface area contributed by atoms with Crippen molar-refractivity contribution in [3.8, 4) is 0 Å². The highest BCUT2D eigenvalue weighted by Gasteiger charge is 2.34. The quantitative estimate of drug-likeness (QED) is 0.757. The molecule has 1 N–H and O–H groups in total. The first-order valence-corrected chi connectivity index (χ1v) is 7.81. The highest BCUT2D eigenvalue weighted by Crippen LogP contribution is 2.25. The van der Waals surface area contributed by atoms with E-state index in [0.717, 1.165) is 25.8 Å². The second-order valence-corrected chi connectivity index (χ2v) is 7.14. The standard InChI is InChI=1S/C11H23NO3S/c1-9(8-15-2)7-12-10-5-4-6-11(10)16(3,13)14/h9-12H,4-8H2,1-3H3. The van der Waals surface area contributed by atoms with Crippen LogP contribution < -0.4 is 5.32 Å². The lowest BCUT2D eigenvalue weighted by molar-refractivity contribution is 0.157. The second kappa shape index (κ2) is 5.98. The molecule has 4 nitrogen and oxygen atoms in total. The van der Waals surface area contributed by atoms with Gasteiger partial charge in [-0.25, -0.2) is 8.42 Å². The van der Waals surface area contributed by atoms with E-state index in [1.807, 2.05) is 0 Å². The molecule has 3 atom stereocenters. The van der Waals surface area contributed by atoms with E-state index in [-0.39, 0.29) is 11.3 Å². The molecule has 1 rings (SSSR count). The number of sulfone groups is 1. The maximum atomic E-state index is 11.5. The number of ether oxygens (including phenoxy) is 1. The van der Waals surface area contributed by atoms with E-state index in [1.165, 1.54) is 6.26 Å². The highest BCUT2D eigenvalue weighted by atomic mass is 32.2. The van der Waals surface area contributed by atoms with Gasteiger partial charge in [0.2, 0.25) is 0 Å². The monoisotopic (exact) mass is 249 g/mol. The zero-order chi connectivity index (χ0) is 12.2. The van der Waals surface area contributed by atoms with E-state index < -0.39 is 9.84 Å². The molecular weight excluding hydrogens is 226 g/mol. The molecule has 96 valence electrons. The van der Waals surface area contributed by atoms with Crippen molar-refractivity contribution in [2.24, 2.45) is 5.92 Å². The number of rotatable bonds is 6. The molecule has 0 aliphatic heterocycles. The van der Waals surface area contributed by atoms with Gasteiger partial charge in [0.1, 0.15) is 0 Å². The second-order valence-electron chi connectivity index (χ2n) is 4.87. The molecule has 1 aliphatic carbocycles. The van der Waals surface area contributed by atoms with E-state index in [9.17, 15) is 8.42 Å². The summed E-state index contributed by atoms with van der Waals surface area (Å²) in [6.07, 6.45) is 4.12. The van der Waals surface area contributed by atoms with Crippen LogP contribution in [0, 0.1) is 5.92 Å². The zero-order valence-electron chi connectivity index (χ0n) is 10.4. The predicted molar refractivity (Wildman–Crippen MR) is 65.3 cm³/mol. The molecule has 5 heteroatoms. The van der Waals surface area contributed by atoms with Crippen molar-refractivity contribution in [1.29, 1.82) is 0 Å². The summed E-state index contributed by atoms with van der Waals surface area (Å²) in [7, 11) is -1.22. The lowest BCUT2D eigenvalue weighted by Crippen LogP contribution is -2.42. The van der Waals surface area contributed by atoms with E-state index in [1.54, 1.807) is 7.11 Å². The van der Waals surface area contributed by atoms with Gasteiger partial charge in [-0.3, -0.25) is 0 Å². The van der Waals surface area contributed by atoms with Crippen molar-refractivity contribution < 1.29 is 13.2 Å². The Morgan fingerprint density at radius 1 is 1.44 bits per heavy atom. The largest absolute Gasteiger partial charge is 0.384 e. The summed E-state index contributed by atoms with van der Waals surface area (Å²) >= 11 is 0. The van der Waals surface area contributed by atoms with E-state index >= 15 is 0 Å². The maximum absolute atomic E-state index is 11.5. The minimum atomic E-state index is -2.91. The van der Waals surface area contributed by atoms with Crippen LogP contribution in [-0.2, 0) is 14.6 Å². The molecule has 1 aliphatic rings. The minimum Gasteiger partial charge on any atom is -0.384 e. The molecule has 0 amide bonds. The number of nitrogens with one attached hydrogen (secondary N) is 1. The third-order valence-electron chi connectivity index (χ3n) is 3.18. The first-order chi connectivity index (χ1) is 7.45. The van der Waals surface area contributed by atoms with Gasteiger partial charge in [-0.05, 0) is 18.8 Å². The van der Waals surface area contributed by atoms with Gasteiger partial charge in [0.25, 0.3) is 0 Å². The summed E-state index contributed by atoms with van der Waals surface area (Å²) < 4.78 is 28.2. The topological polar surface area (TPSA) is 55.4 Å². The smallest absolute Gasteiger partial charge is 0.151 e. The third-order valence-corrected chi connectivity index (χ3v) is 4.85. The molecule has 16 heavy (non-hydrogen) atoms. The number of hydrogen-bond acceptors (Lipinski definition) is 4. The van der Waals surface area contributed by atoms with Gasteiger partial charge in [0.15, 0.2) is 9.84 Å². The van der Waals surface area contributed by atoms with Gasteiger partial charge in [-0.15, -0.1) is 0 Å². The maximum Gasteiger partial charge on any atom is 0.151 e. The van der Waals surface area contributed by atoms with Crippen LogP contribution in [0.2, 0.25) is 0 Å². The SMILES string of the molecule is COCC(C)CNC1CCCC1S(C)(=O)=O. The Labute approximate surface area is 98.7 Å². The molecule has 0 heterocycles. The Kier molecular flexibility index (Phi) is 5.21. The molecule has 0 bridgehead atoms. The Bertz CT molecular complexity index is 302. The molecule has 0 spiro atoms. The molecule has 1 fully saturated rings. The number of methoxy groups -OCH3 is 1. The van der Waals surface area contributed by atoms with E-state index in [2.05, 4.69) is 12.2 Å². The molecule has 0 saturated heterocycles. The molecule has 3 unspecified atom stereocenters. The van der Waals surface area contributed by atoms with Gasteiger partial charge in [-0.1, -0.05) is 13.3 Å². The van der Waals surface area contributed by atoms with Crippen molar-refractivity contribution in [2.75, 3.05) is 26.5 Å². The van der Waals surface area contributed by atoms with Crippen molar-refractivity contribution in [3.05, 3.63) is 0 Å². The number of hydrogen-bond donors (Lipinski definition) is 1. The minimum absolute atomic E-state index is 0.134. The fourth-order valence-electron chi connectivity index (χ4n) is 2.37. The van der Waals surface area contributed by atoms with Crippen LogP contribution in [0.3, 0.4) is 0 Å². The lowest BCUT2D eigenvalue weighted by atomic mass is 10.1. The van der Waals surface area contributed by atoms with Crippen LogP contribution in [0.15, 0.2) is 0 Å². The van der Waals surface area contributed by atoms with Crippen molar-refractivity contribution >= 4 is 9.84 Å². The predicted octanol–water partition coefficient (Wildman–Crippen LogP) is 0.824. The van der Waals surface area contributed by atoms with Crippen molar-refractivity contribution in [3.63, 3.8) is 0 Å². The lowest BCUT2D eigenvalue weighted by Gasteiger charge is -2.21. The third kappa shape index (κ3) is 4.03. The van der Waals surface area contributed by atoms with Crippen LogP contribution in [0.25, 0.3) is 0 Å². The molecular formula is C11H23NO3S. The first-order valence-electron chi connectivity index (χ1n) is 5.86. The summed E-state index contributed by atoms with van der Waals surface area (Å²) in [6, 6.07) is 0.134. The van der Waals surface area contributed by atoms with Crippen LogP contribution in [0.4, 0.5) is 0 Å². The van der Waals surface area contributed by atoms with Crippen LogP contribution in [0.1, 0.15) is 26.2 Å². The Hall–Kier alpha value is -0.130. The van der Waals surface area contributed by atoms with Crippen LogP contribution in [0.5, 0.6) is 0 Å². The first kappa shape index (κ1) is 13.9. The van der Waals surface area contributed by atoms with E-state index in [4.69, 9.17) is 4.74 Å². The highest BCUT2D eigenvalue weighted by molar-refractivity contribution is 7.91. The summed E-state index contributed by atoms with van der Waals surface area (Å²) in [4.78, 5) is 0. The van der Waals surface area contributed by atoms with E-state index in [0.29, 0.717) is 12.5 Å². The normalized spacial score (nSPS) is 28.2. The average molecular weight is 249 g/mol. The molecule has 1 saturated carbocycles. The van der Waals surface area contributed by atoms with Gasteiger partial charge in [0, 0.05) is 32.6 Å². The summed E-state index contributed by atoms with van der Waals surface area (Å²) in [5, 5.41) is 3.17. The Morgan fingerprint density at radius 3 is 2.69 bits per heavy atom. The summed E-state index contributed by atoms with van der Waals surface area (Å²) in [5.41, 5.74) is 0. The van der Waals surface area contributed by atoms with Crippen LogP contribution in [-0.4, -0.2) is 46.2 Å². The molecule has 0 aromatic rings. The van der Waals surface area contributed by atoms with Crippen LogP contribution >= 0.6 is 0 Å². The van der Waals surface area contributed by atoms with Gasteiger partial charge in [-0.2, -0.15) is 0 Å². The Balaban J connectivity index is 2.42.